The van der Waals surface area contributed by atoms with Crippen molar-refractivity contribution in [1.29, 1.82) is 0 Å². The largest absolute Gasteiger partial charge is 0.351 e. The van der Waals surface area contributed by atoms with Gasteiger partial charge in [0.2, 0.25) is 0 Å². The summed E-state index contributed by atoms with van der Waals surface area (Å²) in [6.45, 7) is 2.88. The highest BCUT2D eigenvalue weighted by atomic mass is 16.2. The predicted molar refractivity (Wildman–Crippen MR) is 89.5 cm³/mol. The van der Waals surface area contributed by atoms with E-state index in [0.717, 1.165) is 36.0 Å². The van der Waals surface area contributed by atoms with Crippen LogP contribution in [0.1, 0.15) is 28.0 Å². The normalized spacial score (nSPS) is 14.1. The van der Waals surface area contributed by atoms with Gasteiger partial charge in [0.15, 0.2) is 0 Å². The molecule has 0 atom stereocenters. The van der Waals surface area contributed by atoms with Gasteiger partial charge in [0.1, 0.15) is 5.69 Å². The fraction of sp³-hybridized carbons (Fsp3) is 0.211. The molecule has 0 bridgehead atoms. The van der Waals surface area contributed by atoms with Crippen LogP contribution >= 0.6 is 0 Å². The first kappa shape index (κ1) is 13.1. The number of aryl methyl sites for hydroxylation is 2. The van der Waals surface area contributed by atoms with Gasteiger partial charge in [0.05, 0.1) is 0 Å². The van der Waals surface area contributed by atoms with Crippen LogP contribution < -0.4 is 4.90 Å². The number of benzene rings is 2. The van der Waals surface area contributed by atoms with E-state index in [1.807, 2.05) is 35.2 Å². The first-order valence-electron chi connectivity index (χ1n) is 7.71. The lowest BCUT2D eigenvalue weighted by atomic mass is 9.99. The molecule has 0 saturated heterocycles. The van der Waals surface area contributed by atoms with Crippen LogP contribution in [0.5, 0.6) is 0 Å². The van der Waals surface area contributed by atoms with E-state index in [9.17, 15) is 4.79 Å². The van der Waals surface area contributed by atoms with Crippen molar-refractivity contribution in [3.63, 3.8) is 0 Å². The van der Waals surface area contributed by atoms with E-state index in [2.05, 4.69) is 30.1 Å². The van der Waals surface area contributed by atoms with Crippen LogP contribution in [-0.4, -0.2) is 17.4 Å². The minimum Gasteiger partial charge on any atom is -0.351 e. The Balaban J connectivity index is 1.74. The van der Waals surface area contributed by atoms with Gasteiger partial charge in [-0.1, -0.05) is 35.9 Å². The number of nitrogens with one attached hydrogen (secondary N) is 1. The molecule has 0 saturated carbocycles. The number of fused-ring (bicyclic) bond motifs is 2. The Morgan fingerprint density at radius 3 is 2.86 bits per heavy atom. The molecule has 1 aliphatic heterocycles. The van der Waals surface area contributed by atoms with Gasteiger partial charge in [-0.3, -0.25) is 4.79 Å². The molecule has 3 heteroatoms. The fourth-order valence-corrected chi connectivity index (χ4v) is 3.27. The first-order valence-corrected chi connectivity index (χ1v) is 7.71. The third-order valence-electron chi connectivity index (χ3n) is 4.36. The van der Waals surface area contributed by atoms with Gasteiger partial charge in [-0.25, -0.2) is 0 Å². The molecule has 1 aromatic heterocycles. The van der Waals surface area contributed by atoms with E-state index in [4.69, 9.17) is 0 Å². The fourth-order valence-electron chi connectivity index (χ4n) is 3.27. The molecule has 22 heavy (non-hydrogen) atoms. The average Bonchev–Trinajstić information content (AvgIpc) is 2.97. The molecule has 1 N–H and O–H groups in total. The maximum Gasteiger partial charge on any atom is 0.274 e. The van der Waals surface area contributed by atoms with Crippen molar-refractivity contribution in [3.8, 4) is 0 Å². The Bertz CT molecular complexity index is 830. The van der Waals surface area contributed by atoms with Crippen molar-refractivity contribution in [2.24, 2.45) is 0 Å². The summed E-state index contributed by atoms with van der Waals surface area (Å²) in [5.41, 5.74) is 5.25. The van der Waals surface area contributed by atoms with Crippen LogP contribution in [-0.2, 0) is 6.42 Å². The third kappa shape index (κ3) is 2.10. The molecule has 1 amide bonds. The minimum atomic E-state index is 0.0565. The standard InChI is InChI=1S/C19H18N2O/c1-13-8-9-18-15(11-13)6-4-10-21(18)19(22)17-12-14-5-2-3-7-16(14)20-17/h2-3,5,7-9,11-12,20H,4,6,10H2,1H3. The molecular weight excluding hydrogens is 272 g/mol. The first-order chi connectivity index (χ1) is 10.7. The van der Waals surface area contributed by atoms with E-state index in [1.165, 1.54) is 11.1 Å². The summed E-state index contributed by atoms with van der Waals surface area (Å²) in [6, 6.07) is 16.3. The molecule has 2 heterocycles. The summed E-state index contributed by atoms with van der Waals surface area (Å²) in [5.74, 6) is 0.0565. The summed E-state index contributed by atoms with van der Waals surface area (Å²) < 4.78 is 0. The Morgan fingerprint density at radius 1 is 1.14 bits per heavy atom. The Hall–Kier alpha value is -2.55. The van der Waals surface area contributed by atoms with E-state index in [0.29, 0.717) is 5.69 Å². The lowest BCUT2D eigenvalue weighted by Gasteiger charge is -2.29. The van der Waals surface area contributed by atoms with Gasteiger partial charge >= 0.3 is 0 Å². The molecular formula is C19H18N2O. The second kappa shape index (κ2) is 5.02. The number of rotatable bonds is 1. The van der Waals surface area contributed by atoms with Gasteiger partial charge in [-0.05, 0) is 43.5 Å². The zero-order valence-corrected chi connectivity index (χ0v) is 12.6. The molecule has 2 aromatic carbocycles. The van der Waals surface area contributed by atoms with Crippen LogP contribution in [0.25, 0.3) is 10.9 Å². The quantitative estimate of drug-likeness (QED) is 0.720. The molecule has 0 radical (unpaired) electrons. The molecule has 0 aliphatic carbocycles. The zero-order valence-electron chi connectivity index (χ0n) is 12.6. The number of nitrogens with zero attached hydrogens (tertiary/aromatic N) is 1. The number of aromatic amines is 1. The summed E-state index contributed by atoms with van der Waals surface area (Å²) in [7, 11) is 0. The summed E-state index contributed by atoms with van der Waals surface area (Å²) in [4.78, 5) is 18.1. The molecule has 3 aromatic rings. The second-order valence-corrected chi connectivity index (χ2v) is 5.96. The number of carbonyl (C=O) groups excluding carboxylic acids is 1. The average molecular weight is 290 g/mol. The lowest BCUT2D eigenvalue weighted by molar-refractivity contribution is 0.0981. The van der Waals surface area contributed by atoms with Gasteiger partial charge in [-0.15, -0.1) is 0 Å². The summed E-state index contributed by atoms with van der Waals surface area (Å²) in [5, 5.41) is 1.08. The molecule has 4 rings (SSSR count). The number of hydrogen-bond donors (Lipinski definition) is 1. The molecule has 0 spiro atoms. The van der Waals surface area contributed by atoms with Gasteiger partial charge in [0.25, 0.3) is 5.91 Å². The highest BCUT2D eigenvalue weighted by Crippen LogP contribution is 2.29. The van der Waals surface area contributed by atoms with Crippen molar-refractivity contribution >= 4 is 22.5 Å². The molecule has 0 fully saturated rings. The van der Waals surface area contributed by atoms with E-state index >= 15 is 0 Å². The molecule has 3 nitrogen and oxygen atoms in total. The topological polar surface area (TPSA) is 36.1 Å². The summed E-state index contributed by atoms with van der Waals surface area (Å²) >= 11 is 0. The van der Waals surface area contributed by atoms with E-state index < -0.39 is 0 Å². The van der Waals surface area contributed by atoms with Gasteiger partial charge in [0, 0.05) is 23.1 Å². The van der Waals surface area contributed by atoms with Crippen molar-refractivity contribution in [2.75, 3.05) is 11.4 Å². The lowest BCUT2D eigenvalue weighted by Crippen LogP contribution is -2.35. The summed E-state index contributed by atoms with van der Waals surface area (Å²) in [6.07, 6.45) is 2.07. The monoisotopic (exact) mass is 290 g/mol. The van der Waals surface area contributed by atoms with Crippen molar-refractivity contribution in [1.82, 2.24) is 4.98 Å². The number of para-hydroxylation sites is 1. The van der Waals surface area contributed by atoms with Crippen molar-refractivity contribution in [2.45, 2.75) is 19.8 Å². The number of carbonyl (C=O) groups is 1. The number of aromatic nitrogens is 1. The van der Waals surface area contributed by atoms with Crippen LogP contribution in [0.4, 0.5) is 5.69 Å². The Labute approximate surface area is 129 Å². The highest BCUT2D eigenvalue weighted by Gasteiger charge is 2.24. The van der Waals surface area contributed by atoms with Gasteiger partial charge in [-0.2, -0.15) is 0 Å². The Morgan fingerprint density at radius 2 is 2.00 bits per heavy atom. The molecule has 110 valence electrons. The van der Waals surface area contributed by atoms with E-state index in [-0.39, 0.29) is 5.91 Å². The van der Waals surface area contributed by atoms with Crippen LogP contribution in [0.3, 0.4) is 0 Å². The smallest absolute Gasteiger partial charge is 0.274 e. The zero-order chi connectivity index (χ0) is 15.1. The maximum absolute atomic E-state index is 12.9. The number of hydrogen-bond acceptors (Lipinski definition) is 1. The number of anilines is 1. The van der Waals surface area contributed by atoms with Crippen LogP contribution in [0, 0.1) is 6.92 Å². The number of H-pyrrole nitrogens is 1. The third-order valence-corrected chi connectivity index (χ3v) is 4.36. The van der Waals surface area contributed by atoms with Crippen molar-refractivity contribution < 1.29 is 4.79 Å². The van der Waals surface area contributed by atoms with E-state index in [1.54, 1.807) is 0 Å². The Kier molecular flexibility index (Phi) is 3.00. The van der Waals surface area contributed by atoms with Crippen molar-refractivity contribution in [3.05, 3.63) is 65.4 Å². The van der Waals surface area contributed by atoms with Crippen LogP contribution in [0.15, 0.2) is 48.5 Å². The maximum atomic E-state index is 12.9. The highest BCUT2D eigenvalue weighted by molar-refractivity contribution is 6.08. The van der Waals surface area contributed by atoms with Gasteiger partial charge < -0.3 is 9.88 Å². The van der Waals surface area contributed by atoms with Crippen LogP contribution in [0.2, 0.25) is 0 Å². The SMILES string of the molecule is Cc1ccc2c(c1)CCCN2C(=O)c1cc2ccccc2[nH]1. The minimum absolute atomic E-state index is 0.0565. The molecule has 0 unspecified atom stereocenters. The second-order valence-electron chi connectivity index (χ2n) is 5.96. The molecule has 1 aliphatic rings. The number of amides is 1. The predicted octanol–water partition coefficient (Wildman–Crippen LogP) is 4.07.